The van der Waals surface area contributed by atoms with Crippen molar-refractivity contribution in [1.29, 1.82) is 0 Å². The summed E-state index contributed by atoms with van der Waals surface area (Å²) in [6.45, 7) is 5.65. The molecule has 0 radical (unpaired) electrons. The molecule has 0 aliphatic carbocycles. The van der Waals surface area contributed by atoms with Crippen molar-refractivity contribution in [3.63, 3.8) is 0 Å². The molecule has 1 atom stereocenters. The maximum atomic E-state index is 10.7. The number of nitrogens with zero attached hydrogens (tertiary/aromatic N) is 1. The quantitative estimate of drug-likeness (QED) is 0.218. The number of aryl methyl sites for hydroxylation is 1. The van der Waals surface area contributed by atoms with E-state index in [1.165, 1.54) is 0 Å². The van der Waals surface area contributed by atoms with Gasteiger partial charge in [0.1, 0.15) is 17.1 Å². The summed E-state index contributed by atoms with van der Waals surface area (Å²) >= 11 is 1.54. The minimum absolute atomic E-state index is 0.298. The van der Waals surface area contributed by atoms with Crippen LogP contribution in [0.15, 0.2) is 40.7 Å². The Morgan fingerprint density at radius 3 is 2.74 bits per heavy atom. The van der Waals surface area contributed by atoms with Gasteiger partial charge in [0.05, 0.1) is 26.3 Å². The largest absolute Gasteiger partial charge is 0.497 e. The monoisotopic (exact) mass is 444 g/mol. The van der Waals surface area contributed by atoms with Crippen LogP contribution in [0.1, 0.15) is 30.8 Å². The van der Waals surface area contributed by atoms with Crippen LogP contribution in [-0.2, 0) is 12.0 Å². The van der Waals surface area contributed by atoms with Gasteiger partial charge in [-0.3, -0.25) is 0 Å². The number of methoxy groups -OCH3 is 2. The molecule has 2 heterocycles. The minimum atomic E-state index is -0.971. The number of aromatic amines is 1. The molecule has 0 aliphatic rings. The van der Waals surface area contributed by atoms with Gasteiger partial charge in [0, 0.05) is 41.2 Å². The highest BCUT2D eigenvalue weighted by Gasteiger charge is 2.24. The third-order valence-electron chi connectivity index (χ3n) is 5.04. The van der Waals surface area contributed by atoms with Crippen LogP contribution >= 0.6 is 11.3 Å². The molecular weight excluding hydrogens is 412 g/mol. The van der Waals surface area contributed by atoms with Crippen LogP contribution in [0.4, 0.5) is 0 Å². The van der Waals surface area contributed by atoms with Crippen LogP contribution in [0.3, 0.4) is 0 Å². The summed E-state index contributed by atoms with van der Waals surface area (Å²) in [5.74, 6) is 2.28. The van der Waals surface area contributed by atoms with Crippen LogP contribution in [0.5, 0.6) is 11.5 Å². The summed E-state index contributed by atoms with van der Waals surface area (Å²) in [4.78, 5) is 8.94. The van der Waals surface area contributed by atoms with Gasteiger partial charge in [0.25, 0.3) is 0 Å². The highest BCUT2D eigenvalue weighted by molar-refractivity contribution is 7.10. The first-order valence-corrected chi connectivity index (χ1v) is 11.4. The van der Waals surface area contributed by atoms with E-state index >= 15 is 0 Å². The van der Waals surface area contributed by atoms with Crippen molar-refractivity contribution in [2.45, 2.75) is 32.3 Å². The Kier molecular flexibility index (Phi) is 7.81. The molecule has 1 unspecified atom stereocenters. The predicted octanol–water partition coefficient (Wildman–Crippen LogP) is 3.64. The number of hydrogen-bond donors (Lipinski definition) is 4. The Labute approximate surface area is 187 Å². The molecule has 31 heavy (non-hydrogen) atoms. The second kappa shape index (κ2) is 10.5. The Bertz CT molecular complexity index is 996. The van der Waals surface area contributed by atoms with Gasteiger partial charge >= 0.3 is 0 Å². The third kappa shape index (κ3) is 5.92. The van der Waals surface area contributed by atoms with Crippen LogP contribution in [0.25, 0.3) is 10.9 Å². The molecular formula is C23H32N4O3S. The molecule has 0 amide bonds. The van der Waals surface area contributed by atoms with Crippen molar-refractivity contribution in [2.24, 2.45) is 4.99 Å². The Hall–Kier alpha value is -2.71. The predicted molar refractivity (Wildman–Crippen MR) is 128 cm³/mol. The normalized spacial score (nSPS) is 13.8. The molecule has 2 aromatic heterocycles. The molecule has 0 aliphatic heterocycles. The second-order valence-electron chi connectivity index (χ2n) is 7.56. The van der Waals surface area contributed by atoms with Crippen molar-refractivity contribution in [2.75, 3.05) is 33.9 Å². The zero-order valence-corrected chi connectivity index (χ0v) is 19.4. The van der Waals surface area contributed by atoms with Gasteiger partial charge in [0.15, 0.2) is 5.96 Å². The molecule has 0 spiro atoms. The number of fused-ring (bicyclic) bond motifs is 1. The van der Waals surface area contributed by atoms with Gasteiger partial charge < -0.3 is 30.2 Å². The Balaban J connectivity index is 1.56. The number of ether oxygens (including phenoxy) is 2. The van der Waals surface area contributed by atoms with Crippen molar-refractivity contribution in [3.05, 3.63) is 46.3 Å². The van der Waals surface area contributed by atoms with Crippen molar-refractivity contribution in [1.82, 2.24) is 15.6 Å². The van der Waals surface area contributed by atoms with Gasteiger partial charge in [0.2, 0.25) is 0 Å². The van der Waals surface area contributed by atoms with Crippen molar-refractivity contribution < 1.29 is 14.6 Å². The summed E-state index contributed by atoms with van der Waals surface area (Å²) in [7, 11) is 3.32. The van der Waals surface area contributed by atoms with E-state index in [9.17, 15) is 5.11 Å². The molecule has 0 bridgehead atoms. The van der Waals surface area contributed by atoms with E-state index in [1.807, 2.05) is 36.6 Å². The minimum Gasteiger partial charge on any atom is -0.497 e. The molecule has 4 N–H and O–H groups in total. The number of H-pyrrole nitrogens is 1. The van der Waals surface area contributed by atoms with E-state index in [4.69, 9.17) is 9.47 Å². The standard InChI is InChI=1S/C23H32N4O3S/c1-5-24-22(26-15-23(2,28)21-9-7-11-31-21)25-10-6-8-16-12-18-19(27-16)13-17(29-3)14-20(18)30-4/h7,9,11-14,27-28H,5-6,8,10,15H2,1-4H3,(H2,24,25,26). The smallest absolute Gasteiger partial charge is 0.191 e. The molecule has 0 saturated heterocycles. The molecule has 8 heteroatoms. The molecule has 1 aromatic carbocycles. The zero-order valence-electron chi connectivity index (χ0n) is 18.6. The molecule has 7 nitrogen and oxygen atoms in total. The maximum absolute atomic E-state index is 10.7. The van der Waals surface area contributed by atoms with E-state index in [2.05, 4.69) is 26.7 Å². The fourth-order valence-electron chi connectivity index (χ4n) is 3.38. The fraction of sp³-hybridized carbons (Fsp3) is 0.435. The zero-order chi connectivity index (χ0) is 22.3. The van der Waals surface area contributed by atoms with Gasteiger partial charge in [-0.1, -0.05) is 6.07 Å². The Morgan fingerprint density at radius 2 is 2.06 bits per heavy atom. The lowest BCUT2D eigenvalue weighted by molar-refractivity contribution is 0.0711. The Morgan fingerprint density at radius 1 is 1.23 bits per heavy atom. The van der Waals surface area contributed by atoms with E-state index in [0.29, 0.717) is 12.5 Å². The number of aliphatic imine (C=N–C) groups is 1. The lowest BCUT2D eigenvalue weighted by Gasteiger charge is -2.20. The average molecular weight is 445 g/mol. The molecule has 3 aromatic rings. The number of rotatable bonds is 10. The molecule has 3 rings (SSSR count). The van der Waals surface area contributed by atoms with Crippen LogP contribution in [0, 0.1) is 0 Å². The number of thiophene rings is 1. The average Bonchev–Trinajstić information content (AvgIpc) is 3.44. The highest BCUT2D eigenvalue weighted by Crippen LogP contribution is 2.31. The van der Waals surface area contributed by atoms with Crippen LogP contribution in [-0.4, -0.2) is 49.9 Å². The molecule has 168 valence electrons. The summed E-state index contributed by atoms with van der Waals surface area (Å²) in [5.41, 5.74) is 1.18. The summed E-state index contributed by atoms with van der Waals surface area (Å²) < 4.78 is 10.8. The lowest BCUT2D eigenvalue weighted by atomic mass is 10.1. The summed E-state index contributed by atoms with van der Waals surface area (Å²) in [5, 5.41) is 20.3. The number of aliphatic hydroxyl groups is 1. The van der Waals surface area contributed by atoms with Crippen LogP contribution in [0.2, 0.25) is 0 Å². The number of hydrogen-bond acceptors (Lipinski definition) is 5. The van der Waals surface area contributed by atoms with Crippen LogP contribution < -0.4 is 20.1 Å². The number of aromatic nitrogens is 1. The first-order chi connectivity index (χ1) is 15.0. The molecule has 0 saturated carbocycles. The number of nitrogens with one attached hydrogen (secondary N) is 3. The maximum Gasteiger partial charge on any atom is 0.191 e. The van der Waals surface area contributed by atoms with E-state index < -0.39 is 5.60 Å². The highest BCUT2D eigenvalue weighted by atomic mass is 32.1. The van der Waals surface area contributed by atoms with Gasteiger partial charge in [-0.05, 0) is 44.2 Å². The first-order valence-electron chi connectivity index (χ1n) is 10.5. The first kappa shape index (κ1) is 23.0. The van der Waals surface area contributed by atoms with E-state index in [-0.39, 0.29) is 0 Å². The van der Waals surface area contributed by atoms with Gasteiger partial charge in [-0.25, -0.2) is 4.99 Å². The van der Waals surface area contributed by atoms with E-state index in [0.717, 1.165) is 58.9 Å². The second-order valence-corrected chi connectivity index (χ2v) is 8.51. The fourth-order valence-corrected chi connectivity index (χ4v) is 4.16. The van der Waals surface area contributed by atoms with Crippen molar-refractivity contribution in [3.8, 4) is 11.5 Å². The lowest BCUT2D eigenvalue weighted by Crippen LogP contribution is -2.39. The number of benzene rings is 1. The summed E-state index contributed by atoms with van der Waals surface area (Å²) in [6, 6.07) is 9.88. The number of guanidine groups is 1. The van der Waals surface area contributed by atoms with Gasteiger partial charge in [-0.2, -0.15) is 0 Å². The third-order valence-corrected chi connectivity index (χ3v) is 6.16. The topological polar surface area (TPSA) is 90.9 Å². The van der Waals surface area contributed by atoms with E-state index in [1.54, 1.807) is 32.5 Å². The molecule has 0 fully saturated rings. The SMILES string of the molecule is CCNC(=NCC(C)(O)c1cccs1)NCCCc1cc2c(OC)cc(OC)cc2[nH]1. The van der Waals surface area contributed by atoms with Gasteiger partial charge in [-0.15, -0.1) is 11.3 Å². The van der Waals surface area contributed by atoms with Crippen molar-refractivity contribution >= 4 is 28.2 Å². The summed E-state index contributed by atoms with van der Waals surface area (Å²) in [6.07, 6.45) is 1.82.